The summed E-state index contributed by atoms with van der Waals surface area (Å²) < 4.78 is 11.4. The Morgan fingerprint density at radius 2 is 1.83 bits per heavy atom. The van der Waals surface area contributed by atoms with E-state index >= 15 is 0 Å². The summed E-state index contributed by atoms with van der Waals surface area (Å²) in [4.78, 5) is 11.4. The fraction of sp³-hybridized carbons (Fsp3) is 0.500. The first-order chi connectivity index (χ1) is 8.47. The van der Waals surface area contributed by atoms with Crippen LogP contribution in [0.5, 0.6) is 0 Å². The van der Waals surface area contributed by atoms with Crippen molar-refractivity contribution in [3.05, 3.63) is 33.4 Å². The second kappa shape index (κ2) is 7.61. The maximum Gasteiger partial charge on any atom is 0.508 e. The van der Waals surface area contributed by atoms with Gasteiger partial charge in [0.1, 0.15) is 12.7 Å². The summed E-state index contributed by atoms with van der Waals surface area (Å²) in [6.07, 6.45) is 0.148. The molecule has 0 spiro atoms. The van der Waals surface area contributed by atoms with Crippen molar-refractivity contribution in [2.45, 2.75) is 39.9 Å². The molecule has 0 fully saturated rings. The lowest BCUT2D eigenvalue weighted by atomic mass is 10.1. The second-order valence-electron chi connectivity index (χ2n) is 4.72. The van der Waals surface area contributed by atoms with Crippen molar-refractivity contribution >= 4 is 28.7 Å². The van der Waals surface area contributed by atoms with Gasteiger partial charge in [0, 0.05) is 3.57 Å². The lowest BCUT2D eigenvalue weighted by Gasteiger charge is -2.14. The molecule has 0 aliphatic carbocycles. The highest BCUT2D eigenvalue weighted by Gasteiger charge is 2.12. The summed E-state index contributed by atoms with van der Waals surface area (Å²) in [7, 11) is 0. The van der Waals surface area contributed by atoms with Gasteiger partial charge in [0.2, 0.25) is 0 Å². The van der Waals surface area contributed by atoms with Crippen molar-refractivity contribution in [3.8, 4) is 0 Å². The summed E-state index contributed by atoms with van der Waals surface area (Å²) in [5, 5.41) is 0. The number of ether oxygens (including phenoxy) is 2. The Balaban J connectivity index is 2.30. The van der Waals surface area contributed by atoms with Crippen LogP contribution in [0.2, 0.25) is 0 Å². The first kappa shape index (κ1) is 15.3. The molecule has 0 heterocycles. The maximum atomic E-state index is 11.4. The van der Waals surface area contributed by atoms with E-state index in [-0.39, 0.29) is 12.7 Å². The minimum absolute atomic E-state index is 0.103. The van der Waals surface area contributed by atoms with Crippen LogP contribution in [-0.4, -0.2) is 12.3 Å². The van der Waals surface area contributed by atoms with Crippen LogP contribution >= 0.6 is 22.6 Å². The Labute approximate surface area is 122 Å². The number of benzene rings is 1. The molecule has 18 heavy (non-hydrogen) atoms. The molecule has 4 heteroatoms. The SMILES string of the molecule is CC(C)C[C@@H](C)OC(=O)OCc1ccc(I)cc1. The third-order valence-electron chi connectivity index (χ3n) is 2.37. The molecule has 0 radical (unpaired) electrons. The third-order valence-corrected chi connectivity index (χ3v) is 3.09. The zero-order chi connectivity index (χ0) is 13.5. The average molecular weight is 362 g/mol. The van der Waals surface area contributed by atoms with Gasteiger partial charge in [0.15, 0.2) is 0 Å². The van der Waals surface area contributed by atoms with Crippen molar-refractivity contribution in [2.75, 3.05) is 0 Å². The smallest absolute Gasteiger partial charge is 0.431 e. The van der Waals surface area contributed by atoms with Crippen LogP contribution in [0.1, 0.15) is 32.8 Å². The molecule has 1 rings (SSSR count). The lowest BCUT2D eigenvalue weighted by molar-refractivity contribution is 0.0188. The first-order valence-corrected chi connectivity index (χ1v) is 7.13. The normalized spacial score (nSPS) is 12.3. The van der Waals surface area contributed by atoms with E-state index in [9.17, 15) is 4.79 Å². The molecule has 0 aliphatic rings. The van der Waals surface area contributed by atoms with Gasteiger partial charge in [-0.3, -0.25) is 0 Å². The van der Waals surface area contributed by atoms with E-state index in [4.69, 9.17) is 9.47 Å². The molecule has 0 saturated heterocycles. The average Bonchev–Trinajstić information content (AvgIpc) is 2.27. The molecule has 0 aromatic heterocycles. The molecule has 0 aliphatic heterocycles. The monoisotopic (exact) mass is 362 g/mol. The predicted octanol–water partition coefficient (Wildman–Crippen LogP) is 4.38. The molecule has 3 nitrogen and oxygen atoms in total. The molecule has 1 aromatic rings. The van der Waals surface area contributed by atoms with E-state index in [2.05, 4.69) is 36.4 Å². The number of hydrogen-bond acceptors (Lipinski definition) is 3. The van der Waals surface area contributed by atoms with Gasteiger partial charge in [-0.15, -0.1) is 0 Å². The van der Waals surface area contributed by atoms with Crippen molar-refractivity contribution in [2.24, 2.45) is 5.92 Å². The van der Waals surface area contributed by atoms with E-state index < -0.39 is 6.16 Å². The highest BCUT2D eigenvalue weighted by molar-refractivity contribution is 14.1. The Hall–Kier alpha value is -0.780. The molecule has 1 atom stereocenters. The van der Waals surface area contributed by atoms with E-state index in [0.29, 0.717) is 5.92 Å². The van der Waals surface area contributed by atoms with Crippen LogP contribution in [0.15, 0.2) is 24.3 Å². The van der Waals surface area contributed by atoms with Gasteiger partial charge in [0.25, 0.3) is 0 Å². The fourth-order valence-electron chi connectivity index (χ4n) is 1.63. The Morgan fingerprint density at radius 1 is 1.22 bits per heavy atom. The molecule has 0 amide bonds. The summed E-state index contributed by atoms with van der Waals surface area (Å²) in [5.41, 5.74) is 0.962. The number of hydrogen-bond donors (Lipinski definition) is 0. The molecule has 0 N–H and O–H groups in total. The van der Waals surface area contributed by atoms with Crippen LogP contribution in [0.4, 0.5) is 4.79 Å². The molecular weight excluding hydrogens is 343 g/mol. The van der Waals surface area contributed by atoms with Gasteiger partial charge in [-0.1, -0.05) is 26.0 Å². The zero-order valence-electron chi connectivity index (χ0n) is 11.0. The predicted molar refractivity (Wildman–Crippen MR) is 79.3 cm³/mol. The summed E-state index contributed by atoms with van der Waals surface area (Å²) in [6, 6.07) is 7.83. The topological polar surface area (TPSA) is 35.5 Å². The largest absolute Gasteiger partial charge is 0.508 e. The van der Waals surface area contributed by atoms with Crippen molar-refractivity contribution in [1.29, 1.82) is 0 Å². The molecular formula is C14H19IO3. The van der Waals surface area contributed by atoms with Crippen LogP contribution < -0.4 is 0 Å². The van der Waals surface area contributed by atoms with Crippen LogP contribution in [-0.2, 0) is 16.1 Å². The van der Waals surface area contributed by atoms with Gasteiger partial charge in [-0.05, 0) is 59.5 Å². The van der Waals surface area contributed by atoms with Crippen molar-refractivity contribution < 1.29 is 14.3 Å². The molecule has 0 saturated carbocycles. The zero-order valence-corrected chi connectivity index (χ0v) is 13.1. The minimum Gasteiger partial charge on any atom is -0.431 e. The molecule has 1 aromatic carbocycles. The number of carbonyl (C=O) groups excluding carboxylic acids is 1. The van der Waals surface area contributed by atoms with Crippen molar-refractivity contribution in [1.82, 2.24) is 0 Å². The van der Waals surface area contributed by atoms with Gasteiger partial charge in [0.05, 0.1) is 0 Å². The first-order valence-electron chi connectivity index (χ1n) is 6.05. The summed E-state index contributed by atoms with van der Waals surface area (Å²) in [6.45, 7) is 6.32. The third kappa shape index (κ3) is 6.23. The molecule has 100 valence electrons. The second-order valence-corrected chi connectivity index (χ2v) is 5.97. The van der Waals surface area contributed by atoms with Crippen LogP contribution in [0.3, 0.4) is 0 Å². The van der Waals surface area contributed by atoms with Crippen molar-refractivity contribution in [3.63, 3.8) is 0 Å². The Kier molecular flexibility index (Phi) is 6.46. The highest BCUT2D eigenvalue weighted by Crippen LogP contribution is 2.10. The van der Waals surface area contributed by atoms with Gasteiger partial charge >= 0.3 is 6.16 Å². The molecule has 0 bridgehead atoms. The maximum absolute atomic E-state index is 11.4. The standard InChI is InChI=1S/C14H19IO3/c1-10(2)8-11(3)18-14(16)17-9-12-4-6-13(15)7-5-12/h4-7,10-11H,8-9H2,1-3H3/t11-/m1/s1. The van der Waals surface area contributed by atoms with Crippen LogP contribution in [0, 0.1) is 9.49 Å². The van der Waals surface area contributed by atoms with E-state index in [1.165, 1.54) is 0 Å². The van der Waals surface area contributed by atoms with Gasteiger partial charge in [-0.2, -0.15) is 0 Å². The fourth-order valence-corrected chi connectivity index (χ4v) is 1.99. The van der Waals surface area contributed by atoms with E-state index in [1.807, 2.05) is 31.2 Å². The molecule has 0 unspecified atom stereocenters. The van der Waals surface area contributed by atoms with E-state index in [0.717, 1.165) is 15.6 Å². The minimum atomic E-state index is -0.596. The number of rotatable bonds is 5. The van der Waals surface area contributed by atoms with Gasteiger partial charge < -0.3 is 9.47 Å². The Morgan fingerprint density at radius 3 is 2.39 bits per heavy atom. The Bertz CT molecular complexity index is 373. The van der Waals surface area contributed by atoms with Crippen LogP contribution in [0.25, 0.3) is 0 Å². The lowest BCUT2D eigenvalue weighted by Crippen LogP contribution is -2.17. The van der Waals surface area contributed by atoms with Gasteiger partial charge in [-0.25, -0.2) is 4.79 Å². The highest BCUT2D eigenvalue weighted by atomic mass is 127. The quantitative estimate of drug-likeness (QED) is 0.576. The summed E-state index contributed by atoms with van der Waals surface area (Å²) >= 11 is 2.23. The number of halogens is 1. The number of carbonyl (C=O) groups is 1. The summed E-state index contributed by atoms with van der Waals surface area (Å²) in [5.74, 6) is 0.504. The van der Waals surface area contributed by atoms with E-state index in [1.54, 1.807) is 0 Å².